The Labute approximate surface area is 196 Å². The van der Waals surface area contributed by atoms with Crippen molar-refractivity contribution in [3.8, 4) is 22.6 Å². The molecule has 33 heavy (non-hydrogen) atoms. The Kier molecular flexibility index (Phi) is 7.33. The summed E-state index contributed by atoms with van der Waals surface area (Å²) >= 11 is 0. The van der Waals surface area contributed by atoms with E-state index in [9.17, 15) is 9.90 Å². The Hall–Kier alpha value is -3.27. The monoisotopic (exact) mass is 444 g/mol. The number of fused-ring (bicyclic) bond motifs is 1. The summed E-state index contributed by atoms with van der Waals surface area (Å²) in [5, 5.41) is 9.27. The van der Waals surface area contributed by atoms with E-state index in [1.807, 2.05) is 12.1 Å². The molecule has 4 nitrogen and oxygen atoms in total. The maximum atomic E-state index is 11.3. The summed E-state index contributed by atoms with van der Waals surface area (Å²) in [5.41, 5.74) is 6.89. The molecule has 1 N–H and O–H groups in total. The number of aliphatic carboxylic acids is 1. The van der Waals surface area contributed by atoms with Crippen LogP contribution in [0.2, 0.25) is 0 Å². The van der Waals surface area contributed by atoms with Gasteiger partial charge in [-0.05, 0) is 79.1 Å². The van der Waals surface area contributed by atoms with Crippen molar-refractivity contribution in [1.82, 2.24) is 0 Å². The van der Waals surface area contributed by atoms with Crippen molar-refractivity contribution in [1.29, 1.82) is 0 Å². The summed E-state index contributed by atoms with van der Waals surface area (Å²) in [7, 11) is 0. The van der Waals surface area contributed by atoms with Crippen molar-refractivity contribution in [2.75, 3.05) is 6.61 Å². The lowest BCUT2D eigenvalue weighted by Gasteiger charge is -2.22. The lowest BCUT2D eigenvalue weighted by molar-refractivity contribution is -0.142. The molecule has 0 aromatic heterocycles. The van der Waals surface area contributed by atoms with Gasteiger partial charge in [-0.1, -0.05) is 55.3 Å². The van der Waals surface area contributed by atoms with Crippen LogP contribution in [-0.2, 0) is 24.2 Å². The van der Waals surface area contributed by atoms with E-state index in [1.165, 1.54) is 11.1 Å². The lowest BCUT2D eigenvalue weighted by atomic mass is 9.84. The predicted molar refractivity (Wildman–Crippen MR) is 131 cm³/mol. The Morgan fingerprint density at radius 3 is 2.58 bits per heavy atom. The van der Waals surface area contributed by atoms with Gasteiger partial charge < -0.3 is 14.6 Å². The van der Waals surface area contributed by atoms with Crippen LogP contribution in [0.15, 0.2) is 60.7 Å². The zero-order valence-corrected chi connectivity index (χ0v) is 19.5. The van der Waals surface area contributed by atoms with Crippen LogP contribution in [0.5, 0.6) is 11.5 Å². The number of carboxylic acid groups (broad SMARTS) is 1. The molecule has 0 saturated heterocycles. The SMILES string of the molecule is CCCCOc1ccc(C)cc1-c1ccc(COc2ccc3c(c2)CCC(C(=O)O)C3)cc1. The minimum absolute atomic E-state index is 0.270. The van der Waals surface area contributed by atoms with Crippen molar-refractivity contribution in [2.45, 2.75) is 52.6 Å². The van der Waals surface area contributed by atoms with Crippen LogP contribution >= 0.6 is 0 Å². The Morgan fingerprint density at radius 2 is 1.82 bits per heavy atom. The van der Waals surface area contributed by atoms with Gasteiger partial charge >= 0.3 is 5.97 Å². The van der Waals surface area contributed by atoms with E-state index in [1.54, 1.807) is 0 Å². The molecule has 1 aliphatic carbocycles. The second kappa shape index (κ2) is 10.6. The summed E-state index contributed by atoms with van der Waals surface area (Å²) < 4.78 is 12.1. The van der Waals surface area contributed by atoms with E-state index in [-0.39, 0.29) is 5.92 Å². The number of hydrogen-bond acceptors (Lipinski definition) is 3. The van der Waals surface area contributed by atoms with Crippen molar-refractivity contribution >= 4 is 5.97 Å². The highest BCUT2D eigenvalue weighted by molar-refractivity contribution is 5.72. The molecule has 3 aromatic rings. The van der Waals surface area contributed by atoms with Gasteiger partial charge in [0.15, 0.2) is 0 Å². The van der Waals surface area contributed by atoms with E-state index in [2.05, 4.69) is 62.4 Å². The van der Waals surface area contributed by atoms with Crippen molar-refractivity contribution in [2.24, 2.45) is 5.92 Å². The van der Waals surface area contributed by atoms with Crippen molar-refractivity contribution in [3.63, 3.8) is 0 Å². The molecule has 3 aromatic carbocycles. The number of hydrogen-bond donors (Lipinski definition) is 1. The van der Waals surface area contributed by atoms with Gasteiger partial charge in [-0.2, -0.15) is 0 Å². The van der Waals surface area contributed by atoms with E-state index >= 15 is 0 Å². The number of rotatable bonds is 9. The molecule has 0 amide bonds. The zero-order chi connectivity index (χ0) is 23.2. The Morgan fingerprint density at radius 1 is 1.00 bits per heavy atom. The first-order valence-electron chi connectivity index (χ1n) is 11.8. The molecule has 0 bridgehead atoms. The molecule has 4 heteroatoms. The molecule has 1 unspecified atom stereocenters. The first kappa shape index (κ1) is 22.9. The summed E-state index contributed by atoms with van der Waals surface area (Å²) in [5.74, 6) is 0.789. The van der Waals surface area contributed by atoms with Crippen LogP contribution in [0.3, 0.4) is 0 Å². The number of carbonyl (C=O) groups is 1. The van der Waals surface area contributed by atoms with Crippen LogP contribution < -0.4 is 9.47 Å². The molecule has 1 atom stereocenters. The maximum Gasteiger partial charge on any atom is 0.306 e. The normalized spacial score (nSPS) is 15.0. The molecule has 0 saturated carbocycles. The summed E-state index contributed by atoms with van der Waals surface area (Å²) in [6, 6.07) is 20.8. The molecular formula is C29H32O4. The Balaban J connectivity index is 1.41. The van der Waals surface area contributed by atoms with Gasteiger partial charge in [-0.25, -0.2) is 0 Å². The molecule has 0 aliphatic heterocycles. The molecule has 0 radical (unpaired) electrons. The van der Waals surface area contributed by atoms with Crippen molar-refractivity contribution in [3.05, 3.63) is 82.9 Å². The van der Waals surface area contributed by atoms with Crippen molar-refractivity contribution < 1.29 is 19.4 Å². The second-order valence-electron chi connectivity index (χ2n) is 8.90. The predicted octanol–water partition coefficient (Wildman–Crippen LogP) is 6.61. The topological polar surface area (TPSA) is 55.8 Å². The van der Waals surface area contributed by atoms with Gasteiger partial charge in [0, 0.05) is 5.56 Å². The highest BCUT2D eigenvalue weighted by Crippen LogP contribution is 2.32. The Bertz CT molecular complexity index is 1100. The lowest BCUT2D eigenvalue weighted by Crippen LogP contribution is -2.22. The van der Waals surface area contributed by atoms with E-state index in [0.717, 1.165) is 59.6 Å². The number of unbranched alkanes of at least 4 members (excludes halogenated alkanes) is 1. The van der Waals surface area contributed by atoms with Crippen LogP contribution in [0.25, 0.3) is 11.1 Å². The minimum atomic E-state index is -0.699. The third-order valence-electron chi connectivity index (χ3n) is 6.32. The third-order valence-corrected chi connectivity index (χ3v) is 6.32. The fraction of sp³-hybridized carbons (Fsp3) is 0.345. The highest BCUT2D eigenvalue weighted by Gasteiger charge is 2.24. The largest absolute Gasteiger partial charge is 0.493 e. The van der Waals surface area contributed by atoms with Gasteiger partial charge in [-0.3, -0.25) is 4.79 Å². The van der Waals surface area contributed by atoms with Crippen LogP contribution in [0.4, 0.5) is 0 Å². The van der Waals surface area contributed by atoms with E-state index in [4.69, 9.17) is 9.47 Å². The molecule has 4 rings (SSSR count). The molecule has 0 spiro atoms. The molecule has 172 valence electrons. The smallest absolute Gasteiger partial charge is 0.306 e. The van der Waals surface area contributed by atoms with Gasteiger partial charge in [0.25, 0.3) is 0 Å². The van der Waals surface area contributed by atoms with Gasteiger partial charge in [0.05, 0.1) is 12.5 Å². The first-order chi connectivity index (χ1) is 16.0. The van der Waals surface area contributed by atoms with Gasteiger partial charge in [-0.15, -0.1) is 0 Å². The highest BCUT2D eigenvalue weighted by atomic mass is 16.5. The standard InChI is InChI=1S/C29H32O4/c1-3-4-15-32-28-14-5-20(2)16-27(28)22-8-6-21(7-9-22)19-33-26-13-12-23-17-25(29(30)31)11-10-24(23)18-26/h5-9,12-14,16,18,25H,3-4,10-11,15,17,19H2,1-2H3,(H,30,31). The number of carboxylic acids is 1. The number of aryl methyl sites for hydroxylation is 2. The maximum absolute atomic E-state index is 11.3. The minimum Gasteiger partial charge on any atom is -0.493 e. The first-order valence-corrected chi connectivity index (χ1v) is 11.8. The molecule has 0 fully saturated rings. The summed E-state index contributed by atoms with van der Waals surface area (Å²) in [6.07, 6.45) is 4.25. The van der Waals surface area contributed by atoms with Gasteiger partial charge in [0.2, 0.25) is 0 Å². The van der Waals surface area contributed by atoms with E-state index < -0.39 is 5.97 Å². The molecular weight excluding hydrogens is 412 g/mol. The molecule has 1 aliphatic rings. The fourth-order valence-electron chi connectivity index (χ4n) is 4.30. The quantitative estimate of drug-likeness (QED) is 0.377. The van der Waals surface area contributed by atoms with E-state index in [0.29, 0.717) is 19.4 Å². The van der Waals surface area contributed by atoms with Gasteiger partial charge in [0.1, 0.15) is 18.1 Å². The summed E-state index contributed by atoms with van der Waals surface area (Å²) in [6.45, 7) is 5.49. The summed E-state index contributed by atoms with van der Waals surface area (Å²) in [4.78, 5) is 11.3. The fourth-order valence-corrected chi connectivity index (χ4v) is 4.30. The number of ether oxygens (including phenoxy) is 2. The molecule has 0 heterocycles. The van der Waals surface area contributed by atoms with Crippen LogP contribution in [0, 0.1) is 12.8 Å². The third kappa shape index (κ3) is 5.75. The second-order valence-corrected chi connectivity index (χ2v) is 8.90. The average Bonchev–Trinajstić information content (AvgIpc) is 2.83. The number of benzene rings is 3. The zero-order valence-electron chi connectivity index (χ0n) is 19.5. The van der Waals surface area contributed by atoms with Crippen LogP contribution in [0.1, 0.15) is 48.4 Å². The van der Waals surface area contributed by atoms with Crippen LogP contribution in [-0.4, -0.2) is 17.7 Å². The average molecular weight is 445 g/mol.